The van der Waals surface area contributed by atoms with Gasteiger partial charge in [-0.05, 0) is 286 Å². The number of esters is 7. The third-order valence-electron chi connectivity index (χ3n) is 35.0. The molecule has 14 fully saturated rings. The molecule has 7 heterocycles. The van der Waals surface area contributed by atoms with Crippen molar-refractivity contribution in [2.45, 2.75) is 465 Å². The van der Waals surface area contributed by atoms with E-state index in [4.69, 9.17) is 33.2 Å². The predicted molar refractivity (Wildman–Crippen MR) is 491 cm³/mol. The second kappa shape index (κ2) is 39.5. The molecule has 122 heavy (non-hydrogen) atoms. The first-order chi connectivity index (χ1) is 56.8. The second-order valence-electron chi connectivity index (χ2n) is 48.3. The third kappa shape index (κ3) is 22.3. The Kier molecular flexibility index (Phi) is 32.6. The number of fused-ring (bicyclic) bond motifs is 7. The summed E-state index contributed by atoms with van der Waals surface area (Å²) in [6, 6.07) is 10.1. The highest BCUT2D eigenvalue weighted by Crippen LogP contribution is 2.61. The molecule has 1 aromatic carbocycles. The first-order valence-electron chi connectivity index (χ1n) is 49.6. The quantitative estimate of drug-likeness (QED) is 0.0682. The van der Waals surface area contributed by atoms with Crippen molar-refractivity contribution in [3.63, 3.8) is 0 Å². The zero-order chi connectivity index (χ0) is 90.5. The first-order valence-corrected chi connectivity index (χ1v) is 49.6. The molecule has 0 amide bonds. The van der Waals surface area contributed by atoms with E-state index in [2.05, 4.69) is 178 Å². The summed E-state index contributed by atoms with van der Waals surface area (Å²) in [5, 5.41) is 0. The number of hydrogen-bond acceptors (Lipinski definition) is 14. The van der Waals surface area contributed by atoms with Gasteiger partial charge in [0.25, 0.3) is 0 Å². The van der Waals surface area contributed by atoms with Crippen molar-refractivity contribution < 1.29 is 66.7 Å². The molecule has 14 aliphatic rings. The van der Waals surface area contributed by atoms with Crippen LogP contribution >= 0.6 is 0 Å². The molecule has 0 N–H and O–H groups in total. The lowest BCUT2D eigenvalue weighted by Gasteiger charge is -2.41. The van der Waals surface area contributed by atoms with Crippen LogP contribution in [0.15, 0.2) is 55.6 Å². The predicted octanol–water partition coefficient (Wildman–Crippen LogP) is 27.2. The normalized spacial score (nSPS) is 39.9. The molecule has 0 bridgehead atoms. The summed E-state index contributed by atoms with van der Waals surface area (Å²) in [5.41, 5.74) is 1.59. The van der Waals surface area contributed by atoms with Gasteiger partial charge in [-0.15, -0.1) is 13.2 Å². The van der Waals surface area contributed by atoms with Gasteiger partial charge in [0.2, 0.25) is 0 Å². The van der Waals surface area contributed by atoms with Gasteiger partial charge in [0.15, 0.2) is 0 Å². The number of carbonyl (C=O) groups excluding carboxylic acids is 7. The van der Waals surface area contributed by atoms with Crippen LogP contribution in [-0.2, 0) is 72.1 Å². The van der Waals surface area contributed by atoms with Gasteiger partial charge in [0, 0.05) is 41.4 Å². The number of benzene rings is 1. The zero-order valence-electron chi connectivity index (χ0n) is 82.1. The Morgan fingerprint density at radius 2 is 0.525 bits per heavy atom. The van der Waals surface area contributed by atoms with Crippen LogP contribution in [0, 0.1) is 112 Å². The molecule has 1 aromatic rings. The van der Waals surface area contributed by atoms with Gasteiger partial charge in [-0.2, -0.15) is 0 Å². The Labute approximate surface area is 742 Å². The molecule has 7 aliphatic carbocycles. The number of unbranched alkanes of at least 4 members (excludes halogenated alkanes) is 5. The lowest BCUT2D eigenvalue weighted by Crippen LogP contribution is -2.40. The van der Waals surface area contributed by atoms with Crippen LogP contribution in [-0.4, -0.2) is 84.5 Å². The fraction of sp³-hybridized carbons (Fsp3) is 0.843. The molecule has 14 heteroatoms. The fourth-order valence-corrected chi connectivity index (χ4v) is 25.8. The van der Waals surface area contributed by atoms with Crippen LogP contribution < -0.4 is 0 Å². The van der Waals surface area contributed by atoms with E-state index in [1.54, 1.807) is 0 Å². The van der Waals surface area contributed by atoms with Crippen LogP contribution in [0.25, 0.3) is 0 Å². The van der Waals surface area contributed by atoms with Crippen LogP contribution in [0.2, 0.25) is 0 Å². The Morgan fingerprint density at radius 1 is 0.287 bits per heavy atom. The molecule has 15 rings (SSSR count). The summed E-state index contributed by atoms with van der Waals surface area (Å²) < 4.78 is 39.6. The van der Waals surface area contributed by atoms with E-state index in [0.717, 1.165) is 140 Å². The number of ether oxygens (including phenoxy) is 7. The van der Waals surface area contributed by atoms with E-state index in [1.807, 2.05) is 51.1 Å². The molecule has 0 radical (unpaired) electrons. The van der Waals surface area contributed by atoms with E-state index in [-0.39, 0.29) is 117 Å². The SMILES string of the molecule is C=CCC1(C)C(=O)OC2CC(C)(C)CCC21.C=CCC1(C)C(=O)OC2CC(C)(CCCC)CCC21.CC1(C)CCC2C(C1)OC(=O)C2(C)C.CC1(C)CCC2C(C1)OC(=O)C2(C)c1ccccc1.CCCCC1(C)C(=O)OC2CC(C)(C)CCC21.CCCCC1(C)CCC2C(C1)OC(=O)C2(C)C.CCCCC1(C)CCC2C(C1)OC(=O)C2(C)CCCC. The highest BCUT2D eigenvalue weighted by Gasteiger charge is 2.63. The largest absolute Gasteiger partial charge is 0.462 e. The lowest BCUT2D eigenvalue weighted by molar-refractivity contribution is -0.150. The summed E-state index contributed by atoms with van der Waals surface area (Å²) in [6.45, 7) is 62.6. The Bertz CT molecular complexity index is 3730. The first kappa shape index (κ1) is 101. The van der Waals surface area contributed by atoms with Crippen molar-refractivity contribution in [3.8, 4) is 0 Å². The van der Waals surface area contributed by atoms with E-state index >= 15 is 0 Å². The zero-order valence-corrected chi connectivity index (χ0v) is 82.1. The van der Waals surface area contributed by atoms with Gasteiger partial charge in [0.1, 0.15) is 42.7 Å². The molecule has 7 aliphatic heterocycles. The molecule has 14 nitrogen and oxygen atoms in total. The van der Waals surface area contributed by atoms with Gasteiger partial charge in [-0.3, -0.25) is 33.6 Å². The number of rotatable bonds is 20. The topological polar surface area (TPSA) is 184 Å². The van der Waals surface area contributed by atoms with Crippen molar-refractivity contribution in [3.05, 3.63) is 61.2 Å². The molecule has 0 aromatic heterocycles. The summed E-state index contributed by atoms with van der Waals surface area (Å²) in [7, 11) is 0. The monoisotopic (exact) mass is 1700 g/mol. The molecule has 22 atom stereocenters. The van der Waals surface area contributed by atoms with Gasteiger partial charge in [-0.25, -0.2) is 0 Å². The minimum absolute atomic E-state index is 0.00198. The van der Waals surface area contributed by atoms with E-state index in [0.29, 0.717) is 79.3 Å². The maximum absolute atomic E-state index is 12.5. The van der Waals surface area contributed by atoms with Crippen LogP contribution in [0.4, 0.5) is 0 Å². The maximum Gasteiger partial charge on any atom is 0.316 e. The highest BCUT2D eigenvalue weighted by atomic mass is 16.6. The smallest absolute Gasteiger partial charge is 0.316 e. The average Bonchev–Trinajstić information content (AvgIpc) is 1.56. The third-order valence-corrected chi connectivity index (χ3v) is 35.0. The maximum atomic E-state index is 12.5. The number of carbonyl (C=O) groups is 7. The Balaban J connectivity index is 0.000000162. The lowest BCUT2D eigenvalue weighted by atomic mass is 9.61. The molecule has 7 saturated carbocycles. The number of allylic oxidation sites excluding steroid dienone is 2. The van der Waals surface area contributed by atoms with Crippen molar-refractivity contribution in [2.24, 2.45) is 112 Å². The van der Waals surface area contributed by atoms with Gasteiger partial charge in [0.05, 0.1) is 37.9 Å². The minimum atomic E-state index is -0.456. The van der Waals surface area contributed by atoms with Gasteiger partial charge >= 0.3 is 41.8 Å². The Hall–Kier alpha value is -5.01. The van der Waals surface area contributed by atoms with Crippen molar-refractivity contribution in [1.82, 2.24) is 0 Å². The average molecular weight is 1700 g/mol. The van der Waals surface area contributed by atoms with E-state index in [9.17, 15) is 33.6 Å². The van der Waals surface area contributed by atoms with Gasteiger partial charge in [-0.1, -0.05) is 217 Å². The highest BCUT2D eigenvalue weighted by molar-refractivity contribution is 5.86. The second-order valence-corrected chi connectivity index (χ2v) is 48.3. The molecular formula is C108H176O14. The number of hydrogen-bond donors (Lipinski definition) is 0. The van der Waals surface area contributed by atoms with Crippen LogP contribution in [0.3, 0.4) is 0 Å². The summed E-state index contributed by atoms with van der Waals surface area (Å²) in [6.07, 6.45) is 48.3. The Morgan fingerprint density at radius 3 is 0.852 bits per heavy atom. The molecule has 0 spiro atoms. The van der Waals surface area contributed by atoms with Crippen molar-refractivity contribution >= 4 is 41.8 Å². The summed E-state index contributed by atoms with van der Waals surface area (Å²) in [5.74, 6) is 3.08. The van der Waals surface area contributed by atoms with Crippen molar-refractivity contribution in [2.75, 3.05) is 0 Å². The van der Waals surface area contributed by atoms with Crippen LogP contribution in [0.5, 0.6) is 0 Å². The minimum Gasteiger partial charge on any atom is -0.462 e. The standard InChI is InChI=1S/C18H32O2.C17H22O2.C17H28O2.2C15H26O2.C14H22O2.C12H20O2/c1-5-7-10-17(3)12-9-14-15(13-17)20-16(19)18(14,4)11-8-6-2;1-16(2)10-9-13-14(11-16)19-15(18)17(13,3)12-7-5-4-6-8-12;1-5-7-10-16(3)11-8-13-14(12-16)19-15(18)17(13,4)9-6-2;1-5-6-8-15(4)9-7-11-12(10-15)17-13(16)14(11,2)3;1-5-6-8-15(4)11-7-9-14(2,3)10-12(11)17-13(15)16;1-5-7-14(4)10-6-8-13(2,3)9-11(10)16-12(14)15;1-11(2)6-5-8-9(7-11)14-10(13)12(8,3)4/h14-15H,5-13H2,1-4H3;4-8,13-14H,9-11H2,1-3H3;6,13-14H,2,5,7-12H2,1,3-4H3;2*11-12H,5-10H2,1-4H3;5,10-11H,1,6-9H2,2-4H3;8-9H,5-7H2,1-4H3. The molecular weight excluding hydrogens is 1520 g/mol. The molecule has 7 saturated heterocycles. The van der Waals surface area contributed by atoms with Gasteiger partial charge < -0.3 is 33.2 Å². The van der Waals surface area contributed by atoms with E-state index in [1.165, 1.54) is 109 Å². The molecule has 692 valence electrons. The summed E-state index contributed by atoms with van der Waals surface area (Å²) in [4.78, 5) is 84.7. The van der Waals surface area contributed by atoms with Crippen molar-refractivity contribution in [1.29, 1.82) is 0 Å². The summed E-state index contributed by atoms with van der Waals surface area (Å²) >= 11 is 0. The molecule has 22 unspecified atom stereocenters. The van der Waals surface area contributed by atoms with Crippen LogP contribution in [0.1, 0.15) is 423 Å². The fourth-order valence-electron chi connectivity index (χ4n) is 25.8. The van der Waals surface area contributed by atoms with E-state index < -0.39 is 5.41 Å².